The van der Waals surface area contributed by atoms with Gasteiger partial charge >= 0.3 is 0 Å². The van der Waals surface area contributed by atoms with Crippen LogP contribution >= 0.6 is 0 Å². The van der Waals surface area contributed by atoms with Gasteiger partial charge in [0.15, 0.2) is 6.54 Å². The summed E-state index contributed by atoms with van der Waals surface area (Å²) in [7, 11) is 0. The smallest absolute Gasteiger partial charge is 0.168 e. The van der Waals surface area contributed by atoms with Gasteiger partial charge in [-0.1, -0.05) is 24.3 Å². The van der Waals surface area contributed by atoms with Crippen molar-refractivity contribution in [2.75, 3.05) is 13.2 Å². The van der Waals surface area contributed by atoms with Crippen LogP contribution in [0, 0.1) is 0 Å². The van der Waals surface area contributed by atoms with E-state index in [1.54, 1.807) is 0 Å². The highest BCUT2D eigenvalue weighted by molar-refractivity contribution is 5.59. The van der Waals surface area contributed by atoms with Gasteiger partial charge < -0.3 is 5.11 Å². The summed E-state index contributed by atoms with van der Waals surface area (Å²) >= 11 is 0. The Hall–Kier alpha value is -1.15. The van der Waals surface area contributed by atoms with Crippen LogP contribution in [0.1, 0.15) is 17.5 Å². The van der Waals surface area contributed by atoms with E-state index >= 15 is 0 Å². The summed E-state index contributed by atoms with van der Waals surface area (Å²) in [5.74, 6) is 0. The van der Waals surface area contributed by atoms with Gasteiger partial charge in [0.2, 0.25) is 0 Å². The molecule has 0 bridgehead atoms. The molecule has 74 valence electrons. The molecule has 0 amide bonds. The number of aliphatic hydroxyl groups excluding tert-OH is 1. The number of hydrogen-bond acceptors (Lipinski definition) is 1. The molecule has 0 atom stereocenters. The van der Waals surface area contributed by atoms with E-state index in [1.165, 1.54) is 11.1 Å². The summed E-state index contributed by atoms with van der Waals surface area (Å²) in [6, 6.07) is 8.56. The van der Waals surface area contributed by atoms with Crippen molar-refractivity contribution in [2.45, 2.75) is 19.4 Å². The Balaban J connectivity index is 2.05. The highest BCUT2D eigenvalue weighted by atomic mass is 16.3. The van der Waals surface area contributed by atoms with Crippen LogP contribution in [-0.2, 0) is 13.0 Å². The van der Waals surface area contributed by atoms with Crippen LogP contribution in [0.3, 0.4) is 0 Å². The summed E-state index contributed by atoms with van der Waals surface area (Å²) < 4.78 is 2.29. The second-order valence-electron chi connectivity index (χ2n) is 3.70. The highest BCUT2D eigenvalue weighted by Crippen LogP contribution is 2.13. The van der Waals surface area contributed by atoms with Crippen molar-refractivity contribution >= 4 is 6.21 Å². The zero-order chi connectivity index (χ0) is 9.80. The third-order valence-corrected chi connectivity index (χ3v) is 2.66. The summed E-state index contributed by atoms with van der Waals surface area (Å²) in [6.45, 7) is 2.24. The fourth-order valence-electron chi connectivity index (χ4n) is 1.87. The first-order chi connectivity index (χ1) is 6.90. The average molecular weight is 190 g/mol. The number of hydrogen-bond donors (Lipinski definition) is 1. The summed E-state index contributed by atoms with van der Waals surface area (Å²) in [5.41, 5.74) is 2.86. The molecule has 0 saturated heterocycles. The lowest BCUT2D eigenvalue weighted by atomic mass is 10.0. The highest BCUT2D eigenvalue weighted by Gasteiger charge is 2.14. The van der Waals surface area contributed by atoms with E-state index in [0.717, 1.165) is 25.9 Å². The van der Waals surface area contributed by atoms with Gasteiger partial charge in [-0.15, -0.1) is 0 Å². The molecule has 1 heterocycles. The van der Waals surface area contributed by atoms with Crippen molar-refractivity contribution in [3.63, 3.8) is 0 Å². The Bertz CT molecular complexity index is 344. The van der Waals surface area contributed by atoms with Gasteiger partial charge in [-0.25, -0.2) is 4.58 Å². The minimum atomic E-state index is 0.284. The molecule has 0 unspecified atom stereocenters. The number of aliphatic hydroxyl groups is 1. The standard InChI is InChI=1S/C12H16NO/c14-9-3-7-13-8-6-11-4-1-2-5-12(11)10-13/h1-2,4-5,8,14H,3,6-7,9-10H2/q+1. The molecule has 1 N–H and O–H groups in total. The third kappa shape index (κ3) is 2.02. The summed E-state index contributed by atoms with van der Waals surface area (Å²) in [5, 5.41) is 8.75. The molecule has 0 saturated carbocycles. The van der Waals surface area contributed by atoms with Crippen LogP contribution in [0.2, 0.25) is 0 Å². The average Bonchev–Trinajstić information content (AvgIpc) is 2.26. The van der Waals surface area contributed by atoms with E-state index in [1.807, 2.05) is 0 Å². The molecule has 0 radical (unpaired) electrons. The van der Waals surface area contributed by atoms with E-state index in [2.05, 4.69) is 35.1 Å². The Morgan fingerprint density at radius 3 is 2.79 bits per heavy atom. The number of rotatable bonds is 3. The Labute approximate surface area is 84.5 Å². The van der Waals surface area contributed by atoms with Crippen molar-refractivity contribution in [1.29, 1.82) is 0 Å². The largest absolute Gasteiger partial charge is 0.396 e. The quantitative estimate of drug-likeness (QED) is 0.711. The SMILES string of the molecule is OCCC[N+]1=CCc2ccccc2C1. The van der Waals surface area contributed by atoms with Crippen molar-refractivity contribution in [1.82, 2.24) is 0 Å². The first-order valence-electron chi connectivity index (χ1n) is 5.15. The van der Waals surface area contributed by atoms with Gasteiger partial charge in [-0.3, -0.25) is 0 Å². The molecule has 1 aliphatic heterocycles. The maximum Gasteiger partial charge on any atom is 0.168 e. The van der Waals surface area contributed by atoms with Crippen LogP contribution < -0.4 is 0 Å². The number of benzene rings is 1. The van der Waals surface area contributed by atoms with E-state index in [4.69, 9.17) is 5.11 Å². The number of fused-ring (bicyclic) bond motifs is 1. The second-order valence-corrected chi connectivity index (χ2v) is 3.70. The molecule has 1 aromatic rings. The predicted molar refractivity (Wildman–Crippen MR) is 56.7 cm³/mol. The lowest BCUT2D eigenvalue weighted by Gasteiger charge is -2.12. The van der Waals surface area contributed by atoms with Crippen molar-refractivity contribution in [3.05, 3.63) is 35.4 Å². The first kappa shape index (κ1) is 9.41. The van der Waals surface area contributed by atoms with Crippen molar-refractivity contribution in [3.8, 4) is 0 Å². The van der Waals surface area contributed by atoms with Crippen molar-refractivity contribution in [2.24, 2.45) is 0 Å². The lowest BCUT2D eigenvalue weighted by Crippen LogP contribution is -2.21. The molecule has 0 fully saturated rings. The maximum absolute atomic E-state index is 8.75. The van der Waals surface area contributed by atoms with Crippen LogP contribution in [0.4, 0.5) is 0 Å². The molecule has 0 aliphatic carbocycles. The zero-order valence-electron chi connectivity index (χ0n) is 8.32. The Morgan fingerprint density at radius 1 is 1.21 bits per heavy atom. The molecule has 0 spiro atoms. The molecule has 1 aliphatic rings. The molecule has 14 heavy (non-hydrogen) atoms. The first-order valence-corrected chi connectivity index (χ1v) is 5.15. The zero-order valence-corrected chi connectivity index (χ0v) is 8.32. The van der Waals surface area contributed by atoms with E-state index in [9.17, 15) is 0 Å². The summed E-state index contributed by atoms with van der Waals surface area (Å²) in [4.78, 5) is 0. The van der Waals surface area contributed by atoms with Crippen LogP contribution in [0.5, 0.6) is 0 Å². The van der Waals surface area contributed by atoms with E-state index in [-0.39, 0.29) is 6.61 Å². The third-order valence-electron chi connectivity index (χ3n) is 2.66. The monoisotopic (exact) mass is 190 g/mol. The second kappa shape index (κ2) is 4.38. The van der Waals surface area contributed by atoms with Gasteiger partial charge in [0, 0.05) is 18.6 Å². The molecule has 2 nitrogen and oxygen atoms in total. The predicted octanol–water partition coefficient (Wildman–Crippen LogP) is 1.21. The van der Waals surface area contributed by atoms with E-state index < -0.39 is 0 Å². The van der Waals surface area contributed by atoms with Gasteiger partial charge in [0.05, 0.1) is 6.42 Å². The minimum Gasteiger partial charge on any atom is -0.396 e. The van der Waals surface area contributed by atoms with Gasteiger partial charge in [-0.05, 0) is 5.56 Å². The molecular formula is C12H16NO+. The molecule has 2 heteroatoms. The van der Waals surface area contributed by atoms with Crippen LogP contribution in [0.15, 0.2) is 24.3 Å². The van der Waals surface area contributed by atoms with Gasteiger partial charge in [0.1, 0.15) is 12.8 Å². The Morgan fingerprint density at radius 2 is 2.00 bits per heavy atom. The Kier molecular flexibility index (Phi) is 2.94. The normalized spacial score (nSPS) is 14.8. The topological polar surface area (TPSA) is 23.2 Å². The maximum atomic E-state index is 8.75. The molecular weight excluding hydrogens is 174 g/mol. The van der Waals surface area contributed by atoms with Gasteiger partial charge in [-0.2, -0.15) is 0 Å². The van der Waals surface area contributed by atoms with Gasteiger partial charge in [0.25, 0.3) is 0 Å². The van der Waals surface area contributed by atoms with Crippen molar-refractivity contribution < 1.29 is 9.68 Å². The fraction of sp³-hybridized carbons (Fsp3) is 0.417. The minimum absolute atomic E-state index is 0.284. The summed E-state index contributed by atoms with van der Waals surface area (Å²) in [6.07, 6.45) is 4.12. The van der Waals surface area contributed by atoms with Crippen LogP contribution in [-0.4, -0.2) is 29.0 Å². The molecule has 0 aromatic heterocycles. The lowest BCUT2D eigenvalue weighted by molar-refractivity contribution is -0.542. The molecule has 2 rings (SSSR count). The number of nitrogens with zero attached hydrogens (tertiary/aromatic N) is 1. The fourth-order valence-corrected chi connectivity index (χ4v) is 1.87. The van der Waals surface area contributed by atoms with E-state index in [0.29, 0.717) is 0 Å². The van der Waals surface area contributed by atoms with Crippen LogP contribution in [0.25, 0.3) is 0 Å². The molecule has 1 aromatic carbocycles.